The van der Waals surface area contributed by atoms with E-state index in [-0.39, 0.29) is 17.1 Å². The number of nitrogens with zero attached hydrogens (tertiary/aromatic N) is 1. The van der Waals surface area contributed by atoms with Crippen LogP contribution in [0.25, 0.3) is 0 Å². The number of esters is 1. The van der Waals surface area contributed by atoms with E-state index in [9.17, 15) is 13.2 Å². The van der Waals surface area contributed by atoms with Gasteiger partial charge in [0.2, 0.25) is 10.0 Å². The highest BCUT2D eigenvalue weighted by Gasteiger charge is 2.20. The predicted molar refractivity (Wildman–Crippen MR) is 93.0 cm³/mol. The summed E-state index contributed by atoms with van der Waals surface area (Å²) >= 11 is 1.52. The molecule has 0 radical (unpaired) electrons. The van der Waals surface area contributed by atoms with Gasteiger partial charge in [-0.05, 0) is 51.1 Å². The molecule has 1 heterocycles. The van der Waals surface area contributed by atoms with E-state index in [1.165, 1.54) is 24.5 Å². The monoisotopic (exact) mass is 368 g/mol. The molecule has 2 rings (SSSR count). The van der Waals surface area contributed by atoms with Crippen molar-refractivity contribution in [3.63, 3.8) is 0 Å². The minimum Gasteiger partial charge on any atom is -0.462 e. The van der Waals surface area contributed by atoms with E-state index < -0.39 is 16.0 Å². The van der Waals surface area contributed by atoms with Gasteiger partial charge in [0.15, 0.2) is 0 Å². The first-order valence-electron chi connectivity index (χ1n) is 7.37. The Kier molecular flexibility index (Phi) is 5.74. The summed E-state index contributed by atoms with van der Waals surface area (Å²) in [6, 6.07) is 3.00. The van der Waals surface area contributed by atoms with Crippen molar-refractivity contribution in [2.75, 3.05) is 13.7 Å². The van der Waals surface area contributed by atoms with Gasteiger partial charge < -0.3 is 4.74 Å². The largest absolute Gasteiger partial charge is 0.462 e. The number of carbonyl (C=O) groups excluding carboxylic acids is 1. The number of aromatic nitrogens is 1. The molecule has 8 heteroatoms. The normalized spacial score (nSPS) is 11.5. The van der Waals surface area contributed by atoms with Crippen molar-refractivity contribution >= 4 is 27.3 Å². The maximum Gasteiger partial charge on any atom is 0.338 e. The smallest absolute Gasteiger partial charge is 0.338 e. The van der Waals surface area contributed by atoms with Crippen LogP contribution in [0.1, 0.15) is 32.1 Å². The van der Waals surface area contributed by atoms with Crippen molar-refractivity contribution in [3.8, 4) is 0 Å². The number of aryl methyl sites for hydroxylation is 2. The zero-order valence-electron chi connectivity index (χ0n) is 14.0. The summed E-state index contributed by atoms with van der Waals surface area (Å²) in [5.41, 5.74) is 4.25. The fourth-order valence-corrected chi connectivity index (χ4v) is 4.05. The molecular formula is C16H20N2O4S2. The molecule has 0 unspecified atom stereocenters. The van der Waals surface area contributed by atoms with Gasteiger partial charge in [0.25, 0.3) is 0 Å². The van der Waals surface area contributed by atoms with E-state index >= 15 is 0 Å². The van der Waals surface area contributed by atoms with Crippen LogP contribution in [0.2, 0.25) is 0 Å². The molecule has 0 spiro atoms. The lowest BCUT2D eigenvalue weighted by Gasteiger charge is -2.12. The molecule has 24 heavy (non-hydrogen) atoms. The third-order valence-electron chi connectivity index (χ3n) is 3.82. The Morgan fingerprint density at radius 3 is 2.58 bits per heavy atom. The first kappa shape index (κ1) is 18.6. The molecule has 0 aliphatic heterocycles. The lowest BCUT2D eigenvalue weighted by molar-refractivity contribution is 0.0509. The minimum absolute atomic E-state index is 0.0928. The van der Waals surface area contributed by atoms with Gasteiger partial charge in [0.1, 0.15) is 0 Å². The number of thiazole rings is 1. The number of rotatable bonds is 6. The summed E-state index contributed by atoms with van der Waals surface area (Å²) in [5, 5.41) is 0. The minimum atomic E-state index is -3.63. The van der Waals surface area contributed by atoms with Gasteiger partial charge in [-0.15, -0.1) is 11.3 Å². The average molecular weight is 368 g/mol. The third-order valence-corrected chi connectivity index (χ3v) is 6.36. The van der Waals surface area contributed by atoms with Crippen LogP contribution < -0.4 is 4.72 Å². The highest BCUT2D eigenvalue weighted by Crippen LogP contribution is 2.21. The molecule has 1 aromatic carbocycles. The number of nitrogens with one attached hydrogen (secondary N) is 1. The Balaban J connectivity index is 2.16. The first-order valence-corrected chi connectivity index (χ1v) is 9.73. The van der Waals surface area contributed by atoms with Crippen LogP contribution >= 0.6 is 11.3 Å². The van der Waals surface area contributed by atoms with E-state index in [1.54, 1.807) is 25.4 Å². The maximum atomic E-state index is 12.2. The zero-order chi connectivity index (χ0) is 17.9. The van der Waals surface area contributed by atoms with Gasteiger partial charge in [-0.3, -0.25) is 0 Å². The van der Waals surface area contributed by atoms with Crippen LogP contribution in [-0.2, 0) is 21.2 Å². The van der Waals surface area contributed by atoms with Crippen molar-refractivity contribution in [2.24, 2.45) is 0 Å². The van der Waals surface area contributed by atoms with Crippen LogP contribution in [0.15, 0.2) is 22.5 Å². The van der Waals surface area contributed by atoms with E-state index in [2.05, 4.69) is 9.71 Å². The summed E-state index contributed by atoms with van der Waals surface area (Å²) in [6.45, 7) is 5.61. The molecule has 1 N–H and O–H groups in total. The number of ether oxygens (including phenoxy) is 1. The van der Waals surface area contributed by atoms with E-state index in [1.807, 2.05) is 6.92 Å². The van der Waals surface area contributed by atoms with Gasteiger partial charge in [0.05, 0.1) is 28.3 Å². The Labute approximate surface area is 145 Å². The molecule has 0 saturated carbocycles. The molecular weight excluding hydrogens is 348 g/mol. The second-order valence-corrected chi connectivity index (χ2v) is 8.16. The van der Waals surface area contributed by atoms with Crippen LogP contribution in [0.3, 0.4) is 0 Å². The molecule has 0 fully saturated rings. The number of carbonyl (C=O) groups is 1. The molecule has 0 bridgehead atoms. The second-order valence-electron chi connectivity index (χ2n) is 5.37. The fourth-order valence-electron chi connectivity index (χ4n) is 2.22. The molecule has 130 valence electrons. The predicted octanol–water partition coefficient (Wildman–Crippen LogP) is 2.38. The standard InChI is InChI=1S/C16H20N2O4S2/c1-10-7-13(8-15(11(10)2)24(20,21)17-4)16(19)22-6-5-14-12(3)18-9-23-14/h7-9,17H,5-6H2,1-4H3. The van der Waals surface area contributed by atoms with Crippen LogP contribution in [0.5, 0.6) is 0 Å². The fraction of sp³-hybridized carbons (Fsp3) is 0.375. The number of hydrogen-bond donors (Lipinski definition) is 1. The van der Waals surface area contributed by atoms with Crippen molar-refractivity contribution in [2.45, 2.75) is 32.1 Å². The molecule has 0 amide bonds. The van der Waals surface area contributed by atoms with Crippen LogP contribution in [-0.4, -0.2) is 33.0 Å². The summed E-state index contributed by atoms with van der Waals surface area (Å²) in [6.07, 6.45) is 0.592. The number of hydrogen-bond acceptors (Lipinski definition) is 6. The first-order chi connectivity index (χ1) is 11.3. The Hall–Kier alpha value is -1.77. The topological polar surface area (TPSA) is 85.4 Å². The van der Waals surface area contributed by atoms with Gasteiger partial charge >= 0.3 is 5.97 Å². The summed E-state index contributed by atoms with van der Waals surface area (Å²) in [5.74, 6) is -0.534. The molecule has 0 saturated heterocycles. The van der Waals surface area contributed by atoms with Crippen molar-refractivity contribution in [3.05, 3.63) is 44.9 Å². The SMILES string of the molecule is CNS(=O)(=O)c1cc(C(=O)OCCc2scnc2C)cc(C)c1C. The quantitative estimate of drug-likeness (QED) is 0.791. The molecule has 1 aromatic heterocycles. The molecule has 6 nitrogen and oxygen atoms in total. The molecule has 0 aliphatic carbocycles. The summed E-state index contributed by atoms with van der Waals surface area (Å²) in [7, 11) is -2.29. The van der Waals surface area contributed by atoms with Crippen molar-refractivity contribution < 1.29 is 17.9 Å². The lowest BCUT2D eigenvalue weighted by Crippen LogP contribution is -2.21. The van der Waals surface area contributed by atoms with Gasteiger partial charge in [0, 0.05) is 11.3 Å². The van der Waals surface area contributed by atoms with Gasteiger partial charge in [-0.1, -0.05) is 0 Å². The maximum absolute atomic E-state index is 12.2. The van der Waals surface area contributed by atoms with Gasteiger partial charge in [-0.25, -0.2) is 22.9 Å². The lowest BCUT2D eigenvalue weighted by atomic mass is 10.1. The molecule has 0 atom stereocenters. The van der Waals surface area contributed by atoms with E-state index in [0.717, 1.165) is 16.1 Å². The molecule has 2 aromatic rings. The zero-order valence-corrected chi connectivity index (χ0v) is 15.7. The summed E-state index contributed by atoms with van der Waals surface area (Å²) in [4.78, 5) is 17.5. The van der Waals surface area contributed by atoms with E-state index in [4.69, 9.17) is 4.74 Å². The highest BCUT2D eigenvalue weighted by atomic mass is 32.2. The van der Waals surface area contributed by atoms with Crippen LogP contribution in [0, 0.1) is 20.8 Å². The third kappa shape index (κ3) is 4.00. The van der Waals surface area contributed by atoms with Crippen molar-refractivity contribution in [1.29, 1.82) is 0 Å². The number of sulfonamides is 1. The van der Waals surface area contributed by atoms with Crippen molar-refractivity contribution in [1.82, 2.24) is 9.71 Å². The Morgan fingerprint density at radius 2 is 2.00 bits per heavy atom. The Bertz CT molecular complexity index is 857. The van der Waals surface area contributed by atoms with E-state index in [0.29, 0.717) is 12.0 Å². The highest BCUT2D eigenvalue weighted by molar-refractivity contribution is 7.89. The number of benzene rings is 1. The second kappa shape index (κ2) is 7.42. The van der Waals surface area contributed by atoms with Crippen LogP contribution in [0.4, 0.5) is 0 Å². The Morgan fingerprint density at radius 1 is 1.29 bits per heavy atom. The summed E-state index contributed by atoms with van der Waals surface area (Å²) < 4.78 is 31.7. The van der Waals surface area contributed by atoms with Gasteiger partial charge in [-0.2, -0.15) is 0 Å². The molecule has 0 aliphatic rings. The average Bonchev–Trinajstić information content (AvgIpc) is 2.94.